The summed E-state index contributed by atoms with van der Waals surface area (Å²) in [5, 5.41) is 5.57. The molecule has 0 atom stereocenters. The average molecular weight is 377 g/mol. The molecule has 0 spiro atoms. The van der Waals surface area contributed by atoms with Gasteiger partial charge in [0, 0.05) is 29.6 Å². The fourth-order valence-electron chi connectivity index (χ4n) is 3.44. The summed E-state index contributed by atoms with van der Waals surface area (Å²) in [6, 6.07) is 15.4. The zero-order chi connectivity index (χ0) is 19.9. The minimum Gasteiger partial charge on any atom is -0.361 e. The molecule has 3 rings (SSSR count). The zero-order valence-electron chi connectivity index (χ0n) is 16.5. The second kappa shape index (κ2) is 9.33. The highest BCUT2D eigenvalue weighted by Gasteiger charge is 2.26. The molecular formula is C23H27N3O2. The van der Waals surface area contributed by atoms with Crippen molar-refractivity contribution in [3.05, 3.63) is 71.4 Å². The van der Waals surface area contributed by atoms with Crippen molar-refractivity contribution in [1.29, 1.82) is 0 Å². The number of amides is 2. The Bertz CT molecular complexity index is 866. The van der Waals surface area contributed by atoms with Crippen LogP contribution >= 0.6 is 0 Å². The molecule has 1 heterocycles. The molecule has 0 aliphatic carbocycles. The maximum absolute atomic E-state index is 12.2. The summed E-state index contributed by atoms with van der Waals surface area (Å²) in [5.74, 6) is -0.742. The lowest BCUT2D eigenvalue weighted by molar-refractivity contribution is -0.114. The SMILES string of the molecule is CCCN(CCC)Cc1ccc(N/C=C2\C(=O)NC(=O)c3ccccc32)cc1. The molecule has 2 aromatic carbocycles. The molecule has 146 valence electrons. The summed E-state index contributed by atoms with van der Waals surface area (Å²) in [5.41, 5.74) is 3.78. The molecule has 2 aromatic rings. The minimum atomic E-state index is -0.386. The van der Waals surface area contributed by atoms with Crippen molar-refractivity contribution in [2.75, 3.05) is 18.4 Å². The second-order valence-corrected chi connectivity index (χ2v) is 7.00. The van der Waals surface area contributed by atoms with Crippen LogP contribution in [0.5, 0.6) is 0 Å². The summed E-state index contributed by atoms with van der Waals surface area (Å²) in [7, 11) is 0. The topological polar surface area (TPSA) is 61.4 Å². The van der Waals surface area contributed by atoms with E-state index in [4.69, 9.17) is 0 Å². The van der Waals surface area contributed by atoms with E-state index in [1.54, 1.807) is 24.4 Å². The van der Waals surface area contributed by atoms with Gasteiger partial charge in [-0.2, -0.15) is 0 Å². The predicted molar refractivity (Wildman–Crippen MR) is 113 cm³/mol. The smallest absolute Gasteiger partial charge is 0.260 e. The van der Waals surface area contributed by atoms with Gasteiger partial charge in [-0.1, -0.05) is 44.2 Å². The van der Waals surface area contributed by atoms with Crippen molar-refractivity contribution in [2.45, 2.75) is 33.2 Å². The Balaban J connectivity index is 1.71. The van der Waals surface area contributed by atoms with E-state index in [0.29, 0.717) is 16.7 Å². The van der Waals surface area contributed by atoms with Crippen molar-refractivity contribution in [3.63, 3.8) is 0 Å². The van der Waals surface area contributed by atoms with E-state index in [1.165, 1.54) is 5.56 Å². The lowest BCUT2D eigenvalue weighted by Crippen LogP contribution is -2.36. The van der Waals surface area contributed by atoms with Crippen LogP contribution in [0.25, 0.3) is 5.57 Å². The van der Waals surface area contributed by atoms with Crippen LogP contribution in [0.1, 0.15) is 48.2 Å². The van der Waals surface area contributed by atoms with Crippen LogP contribution < -0.4 is 10.6 Å². The number of anilines is 1. The van der Waals surface area contributed by atoms with E-state index in [1.807, 2.05) is 18.2 Å². The summed E-state index contributed by atoms with van der Waals surface area (Å²) in [6.07, 6.45) is 3.97. The number of carbonyl (C=O) groups excluding carboxylic acids is 2. The Hall–Kier alpha value is -2.92. The first-order chi connectivity index (χ1) is 13.6. The van der Waals surface area contributed by atoms with Gasteiger partial charge in [0.1, 0.15) is 0 Å². The molecule has 0 bridgehead atoms. The maximum Gasteiger partial charge on any atom is 0.260 e. The first-order valence-electron chi connectivity index (χ1n) is 9.85. The fraction of sp³-hybridized carbons (Fsp3) is 0.304. The Morgan fingerprint density at radius 3 is 2.18 bits per heavy atom. The quantitative estimate of drug-likeness (QED) is 0.539. The third-order valence-electron chi connectivity index (χ3n) is 4.76. The number of carbonyl (C=O) groups is 2. The maximum atomic E-state index is 12.2. The molecule has 1 aliphatic rings. The van der Waals surface area contributed by atoms with Gasteiger partial charge >= 0.3 is 0 Å². The number of nitrogens with zero attached hydrogens (tertiary/aromatic N) is 1. The monoisotopic (exact) mass is 377 g/mol. The van der Waals surface area contributed by atoms with E-state index < -0.39 is 0 Å². The average Bonchev–Trinajstić information content (AvgIpc) is 2.69. The van der Waals surface area contributed by atoms with Crippen LogP contribution in [0.3, 0.4) is 0 Å². The largest absolute Gasteiger partial charge is 0.361 e. The van der Waals surface area contributed by atoms with Gasteiger partial charge < -0.3 is 5.32 Å². The van der Waals surface area contributed by atoms with Gasteiger partial charge in [0.25, 0.3) is 11.8 Å². The van der Waals surface area contributed by atoms with E-state index in [0.717, 1.165) is 38.2 Å². The lowest BCUT2D eigenvalue weighted by atomic mass is 9.96. The normalized spacial score (nSPS) is 14.9. The molecule has 0 saturated carbocycles. The number of hydrogen-bond donors (Lipinski definition) is 2. The fourth-order valence-corrected chi connectivity index (χ4v) is 3.44. The van der Waals surface area contributed by atoms with Crippen LogP contribution in [0, 0.1) is 0 Å². The highest BCUT2D eigenvalue weighted by Crippen LogP contribution is 2.24. The van der Waals surface area contributed by atoms with Gasteiger partial charge in [0.2, 0.25) is 0 Å². The molecule has 0 saturated heterocycles. The van der Waals surface area contributed by atoms with Crippen LogP contribution in [0.15, 0.2) is 54.7 Å². The Kier molecular flexibility index (Phi) is 6.61. The second-order valence-electron chi connectivity index (χ2n) is 7.00. The first kappa shape index (κ1) is 19.8. The molecule has 5 nitrogen and oxygen atoms in total. The molecule has 0 fully saturated rings. The van der Waals surface area contributed by atoms with Crippen molar-refractivity contribution in [1.82, 2.24) is 10.2 Å². The molecule has 0 aromatic heterocycles. The molecule has 0 radical (unpaired) electrons. The van der Waals surface area contributed by atoms with E-state index in [2.05, 4.69) is 41.5 Å². The van der Waals surface area contributed by atoms with E-state index in [-0.39, 0.29) is 11.8 Å². The minimum absolute atomic E-state index is 0.356. The molecule has 0 unspecified atom stereocenters. The number of fused-ring (bicyclic) bond motifs is 1. The highest BCUT2D eigenvalue weighted by atomic mass is 16.2. The van der Waals surface area contributed by atoms with Gasteiger partial charge in [-0.05, 0) is 49.7 Å². The highest BCUT2D eigenvalue weighted by molar-refractivity contribution is 6.31. The van der Waals surface area contributed by atoms with Gasteiger partial charge in [-0.25, -0.2) is 0 Å². The summed E-state index contributed by atoms with van der Waals surface area (Å²) in [6.45, 7) is 7.56. The molecule has 1 aliphatic heterocycles. The molecule has 2 N–H and O–H groups in total. The van der Waals surface area contributed by atoms with Crippen molar-refractivity contribution in [2.24, 2.45) is 0 Å². The lowest BCUT2D eigenvalue weighted by Gasteiger charge is -2.21. The Morgan fingerprint density at radius 2 is 1.54 bits per heavy atom. The van der Waals surface area contributed by atoms with E-state index >= 15 is 0 Å². The van der Waals surface area contributed by atoms with Gasteiger partial charge in [0.15, 0.2) is 0 Å². The number of benzene rings is 2. The van der Waals surface area contributed by atoms with Gasteiger partial charge in [-0.3, -0.25) is 19.8 Å². The van der Waals surface area contributed by atoms with Crippen molar-refractivity contribution in [3.8, 4) is 0 Å². The van der Waals surface area contributed by atoms with Crippen LogP contribution in [0.4, 0.5) is 5.69 Å². The standard InChI is InChI=1S/C23H27N3O2/c1-3-13-26(14-4-2)16-17-9-11-18(12-10-17)24-15-21-19-7-5-6-8-20(19)22(27)25-23(21)28/h5-12,15,24H,3-4,13-14,16H2,1-2H3,(H,25,27,28)/b21-15-. The van der Waals surface area contributed by atoms with Gasteiger partial charge in [0.05, 0.1) is 5.57 Å². The third-order valence-corrected chi connectivity index (χ3v) is 4.76. The Labute approximate surface area is 166 Å². The van der Waals surface area contributed by atoms with E-state index in [9.17, 15) is 9.59 Å². The number of hydrogen-bond acceptors (Lipinski definition) is 4. The summed E-state index contributed by atoms with van der Waals surface area (Å²) in [4.78, 5) is 26.7. The van der Waals surface area contributed by atoms with Crippen LogP contribution in [-0.4, -0.2) is 29.8 Å². The molecule has 28 heavy (non-hydrogen) atoms. The number of imide groups is 1. The molecule has 2 amide bonds. The summed E-state index contributed by atoms with van der Waals surface area (Å²) < 4.78 is 0. The summed E-state index contributed by atoms with van der Waals surface area (Å²) >= 11 is 0. The Morgan fingerprint density at radius 1 is 0.893 bits per heavy atom. The van der Waals surface area contributed by atoms with Crippen LogP contribution in [0.2, 0.25) is 0 Å². The number of nitrogens with one attached hydrogen (secondary N) is 2. The number of rotatable bonds is 8. The molecular weight excluding hydrogens is 350 g/mol. The van der Waals surface area contributed by atoms with Crippen molar-refractivity contribution < 1.29 is 9.59 Å². The van der Waals surface area contributed by atoms with Gasteiger partial charge in [-0.15, -0.1) is 0 Å². The molecule has 5 heteroatoms. The zero-order valence-corrected chi connectivity index (χ0v) is 16.5. The third kappa shape index (κ3) is 4.67. The van der Waals surface area contributed by atoms with Crippen LogP contribution in [-0.2, 0) is 11.3 Å². The first-order valence-corrected chi connectivity index (χ1v) is 9.85. The van der Waals surface area contributed by atoms with Crippen molar-refractivity contribution >= 4 is 23.1 Å². The predicted octanol–water partition coefficient (Wildman–Crippen LogP) is 4.03.